The normalized spacial score (nSPS) is 13.2. The number of rotatable bonds is 12. The molecule has 8 nitrogen and oxygen atoms in total. The van der Waals surface area contributed by atoms with Crippen molar-refractivity contribution >= 4 is 27.8 Å². The third-order valence-corrected chi connectivity index (χ3v) is 8.79. The standard InChI is InChI=1S/C37H35BrF7N3O5/c1-5-53-31(51)18-28(25-15-23(16-27(33(25)39)37(43,44)45)32-20(2)8-6-11-29(32)49)46-35(52)34(21-9-7-10-24(38)14-21)48-19-22(12-13-47(3)4)26(17-30(48)50)36(40,41)42/h6-11,14-17,19,28,34,49H,5,12-13,18H2,1-4H3,(H,46,52)/t28-,34?/m0/s1. The van der Waals surface area contributed by atoms with Crippen LogP contribution in [0.3, 0.4) is 0 Å². The molecule has 2 N–H and O–H groups in total. The second-order valence-corrected chi connectivity index (χ2v) is 13.3. The number of esters is 1. The number of nitrogens with one attached hydrogen (secondary N) is 1. The van der Waals surface area contributed by atoms with Crippen LogP contribution in [0.4, 0.5) is 30.7 Å². The Hall–Kier alpha value is -4.70. The molecule has 4 aromatic rings. The van der Waals surface area contributed by atoms with E-state index in [2.05, 4.69) is 21.2 Å². The molecule has 4 rings (SSSR count). The van der Waals surface area contributed by atoms with Gasteiger partial charge >= 0.3 is 18.3 Å². The average Bonchev–Trinajstić information content (AvgIpc) is 3.04. The minimum Gasteiger partial charge on any atom is -0.507 e. The van der Waals surface area contributed by atoms with Gasteiger partial charge in [0.2, 0.25) is 5.91 Å². The van der Waals surface area contributed by atoms with Gasteiger partial charge in [-0.3, -0.25) is 19.0 Å². The number of aromatic hydroxyl groups is 1. The topological polar surface area (TPSA) is 101 Å². The number of hydrogen-bond donors (Lipinski definition) is 2. The van der Waals surface area contributed by atoms with Gasteiger partial charge in [-0.2, -0.15) is 26.3 Å². The van der Waals surface area contributed by atoms with Crippen LogP contribution >= 0.6 is 15.9 Å². The number of halogens is 8. The van der Waals surface area contributed by atoms with Crippen molar-refractivity contribution in [3.63, 3.8) is 0 Å². The first-order valence-electron chi connectivity index (χ1n) is 16.1. The highest BCUT2D eigenvalue weighted by molar-refractivity contribution is 9.10. The number of amides is 1. The second kappa shape index (κ2) is 16.5. The summed E-state index contributed by atoms with van der Waals surface area (Å²) < 4.78 is 108. The summed E-state index contributed by atoms with van der Waals surface area (Å²) in [6.45, 7) is 2.90. The first-order valence-corrected chi connectivity index (χ1v) is 16.9. The van der Waals surface area contributed by atoms with Crippen molar-refractivity contribution in [1.82, 2.24) is 14.8 Å². The first-order chi connectivity index (χ1) is 24.7. The highest BCUT2D eigenvalue weighted by atomic mass is 79.9. The minimum absolute atomic E-state index is 0.0576. The number of benzene rings is 3. The van der Waals surface area contributed by atoms with E-state index in [1.807, 2.05) is 0 Å². The molecule has 1 unspecified atom stereocenters. The lowest BCUT2D eigenvalue weighted by atomic mass is 9.91. The van der Waals surface area contributed by atoms with Gasteiger partial charge in [-0.05, 0) is 86.9 Å². The van der Waals surface area contributed by atoms with Crippen molar-refractivity contribution in [1.29, 1.82) is 0 Å². The summed E-state index contributed by atoms with van der Waals surface area (Å²) >= 11 is 3.27. The molecule has 0 saturated carbocycles. The predicted molar refractivity (Wildman–Crippen MR) is 186 cm³/mol. The minimum atomic E-state index is -5.28. The zero-order chi connectivity index (χ0) is 39.4. The van der Waals surface area contributed by atoms with E-state index >= 15 is 4.39 Å². The van der Waals surface area contributed by atoms with Crippen molar-refractivity contribution in [2.24, 2.45) is 0 Å². The molecular weight excluding hydrogens is 779 g/mol. The molecule has 0 spiro atoms. The maximum atomic E-state index is 16.1. The number of hydrogen-bond acceptors (Lipinski definition) is 6. The molecule has 1 aromatic heterocycles. The number of aromatic nitrogens is 1. The SMILES string of the molecule is CCOC(=O)C[C@H](NC(=O)C(c1cccc(Br)c1)n1cc(CCN(C)C)c(C(F)(F)F)cc1=O)c1cc(-c2c(C)cccc2O)cc(C(F)(F)F)c1F. The van der Waals surface area contributed by atoms with Gasteiger partial charge in [0.15, 0.2) is 0 Å². The Balaban J connectivity index is 1.97. The van der Waals surface area contributed by atoms with Gasteiger partial charge in [0, 0.05) is 34.4 Å². The molecule has 284 valence electrons. The number of nitrogens with zero attached hydrogens (tertiary/aromatic N) is 2. The number of phenolic OH excluding ortho intramolecular Hbond substituents is 1. The Bertz CT molecular complexity index is 2030. The van der Waals surface area contributed by atoms with Crippen molar-refractivity contribution in [3.8, 4) is 16.9 Å². The van der Waals surface area contributed by atoms with Crippen LogP contribution in [0.1, 0.15) is 58.8 Å². The fourth-order valence-corrected chi connectivity index (χ4v) is 6.29. The molecule has 0 bridgehead atoms. The van der Waals surface area contributed by atoms with Gasteiger partial charge in [0.05, 0.1) is 30.2 Å². The van der Waals surface area contributed by atoms with Crippen molar-refractivity contribution in [2.45, 2.75) is 51.1 Å². The molecule has 0 aliphatic rings. The van der Waals surface area contributed by atoms with E-state index in [0.717, 1.165) is 16.8 Å². The van der Waals surface area contributed by atoms with E-state index < -0.39 is 76.5 Å². The average molecular weight is 815 g/mol. The molecule has 0 aliphatic carbocycles. The zero-order valence-corrected chi connectivity index (χ0v) is 30.4. The molecule has 2 atom stereocenters. The Labute approximate surface area is 308 Å². The molecule has 0 aliphatic heterocycles. The van der Waals surface area contributed by atoms with Crippen LogP contribution in [0.2, 0.25) is 0 Å². The number of carbonyl (C=O) groups is 2. The molecule has 3 aromatic carbocycles. The van der Waals surface area contributed by atoms with Gasteiger partial charge in [-0.25, -0.2) is 4.39 Å². The number of likely N-dealkylation sites (N-methyl/N-ethyl adjacent to an activating group) is 1. The number of pyridine rings is 1. The van der Waals surface area contributed by atoms with Crippen LogP contribution in [0, 0.1) is 12.7 Å². The van der Waals surface area contributed by atoms with Gasteiger partial charge in [0.25, 0.3) is 5.56 Å². The van der Waals surface area contributed by atoms with Crippen LogP contribution in [-0.2, 0) is 33.1 Å². The lowest BCUT2D eigenvalue weighted by Gasteiger charge is -2.27. The molecule has 53 heavy (non-hydrogen) atoms. The van der Waals surface area contributed by atoms with E-state index in [4.69, 9.17) is 4.74 Å². The Morgan fingerprint density at radius 1 is 0.981 bits per heavy atom. The predicted octanol–water partition coefficient (Wildman–Crippen LogP) is 7.97. The first kappa shape index (κ1) is 41.1. The highest BCUT2D eigenvalue weighted by Gasteiger charge is 2.39. The number of alkyl halides is 6. The van der Waals surface area contributed by atoms with Crippen molar-refractivity contribution in [3.05, 3.63) is 121 Å². The number of carbonyl (C=O) groups excluding carboxylic acids is 2. The zero-order valence-electron chi connectivity index (χ0n) is 28.8. The summed E-state index contributed by atoms with van der Waals surface area (Å²) in [6.07, 6.45) is -10.4. The smallest absolute Gasteiger partial charge is 0.419 e. The highest BCUT2D eigenvalue weighted by Crippen LogP contribution is 2.41. The van der Waals surface area contributed by atoms with E-state index in [1.165, 1.54) is 50.2 Å². The monoisotopic (exact) mass is 813 g/mol. The fourth-order valence-electron chi connectivity index (χ4n) is 5.87. The fraction of sp³-hybridized carbons (Fsp3) is 0.324. The summed E-state index contributed by atoms with van der Waals surface area (Å²) in [5, 5.41) is 13.0. The lowest BCUT2D eigenvalue weighted by Crippen LogP contribution is -2.41. The summed E-state index contributed by atoms with van der Waals surface area (Å²) in [6, 6.07) is 8.17. The van der Waals surface area contributed by atoms with Crippen LogP contribution in [-0.4, -0.2) is 53.7 Å². The summed E-state index contributed by atoms with van der Waals surface area (Å²) in [4.78, 5) is 42.3. The van der Waals surface area contributed by atoms with Crippen molar-refractivity contribution in [2.75, 3.05) is 27.2 Å². The molecular formula is C37H35BrF7N3O5. The van der Waals surface area contributed by atoms with E-state index in [9.17, 15) is 45.8 Å². The van der Waals surface area contributed by atoms with Gasteiger partial charge < -0.3 is 20.1 Å². The van der Waals surface area contributed by atoms with Crippen LogP contribution in [0.25, 0.3) is 11.1 Å². The third-order valence-electron chi connectivity index (χ3n) is 8.30. The number of phenols is 1. The molecule has 0 saturated heterocycles. The van der Waals surface area contributed by atoms with E-state index in [1.54, 1.807) is 25.1 Å². The molecule has 0 fully saturated rings. The Morgan fingerprint density at radius 3 is 2.23 bits per heavy atom. The molecule has 16 heteroatoms. The molecule has 1 amide bonds. The Kier molecular flexibility index (Phi) is 12.8. The maximum Gasteiger partial charge on any atom is 0.419 e. The van der Waals surface area contributed by atoms with Gasteiger partial charge in [-0.1, -0.05) is 40.2 Å². The number of ether oxygens (including phenoxy) is 1. The second-order valence-electron chi connectivity index (χ2n) is 12.4. The largest absolute Gasteiger partial charge is 0.507 e. The number of aryl methyl sites for hydroxylation is 1. The Morgan fingerprint density at radius 2 is 1.64 bits per heavy atom. The van der Waals surface area contributed by atoms with E-state index in [0.29, 0.717) is 22.2 Å². The quantitative estimate of drug-likeness (QED) is 0.111. The summed E-state index contributed by atoms with van der Waals surface area (Å²) in [5.41, 5.74) is -5.34. The maximum absolute atomic E-state index is 16.1. The van der Waals surface area contributed by atoms with Gasteiger partial charge in [0.1, 0.15) is 17.6 Å². The summed E-state index contributed by atoms with van der Waals surface area (Å²) in [5.74, 6) is -4.47. The third kappa shape index (κ3) is 9.84. The van der Waals surface area contributed by atoms with E-state index in [-0.39, 0.29) is 41.8 Å². The molecule has 0 radical (unpaired) electrons. The van der Waals surface area contributed by atoms with Crippen LogP contribution < -0.4 is 10.9 Å². The molecule has 1 heterocycles. The van der Waals surface area contributed by atoms with Crippen LogP contribution in [0.5, 0.6) is 5.75 Å². The lowest BCUT2D eigenvalue weighted by molar-refractivity contribution is -0.144. The van der Waals surface area contributed by atoms with Crippen molar-refractivity contribution < 1.29 is 50.2 Å². The summed E-state index contributed by atoms with van der Waals surface area (Å²) in [7, 11) is 3.26. The van der Waals surface area contributed by atoms with Crippen LogP contribution in [0.15, 0.2) is 76.1 Å². The van der Waals surface area contributed by atoms with Gasteiger partial charge in [-0.15, -0.1) is 0 Å².